The highest BCUT2D eigenvalue weighted by atomic mass is 16.5. The van der Waals surface area contributed by atoms with Crippen LogP contribution in [0.5, 0.6) is 0 Å². The summed E-state index contributed by atoms with van der Waals surface area (Å²) in [6, 6.07) is 2.00. The van der Waals surface area contributed by atoms with Crippen molar-refractivity contribution in [3.05, 3.63) is 17.5 Å². The van der Waals surface area contributed by atoms with Crippen molar-refractivity contribution in [1.82, 2.24) is 5.16 Å². The molecule has 3 nitrogen and oxygen atoms in total. The van der Waals surface area contributed by atoms with E-state index in [4.69, 9.17) is 9.26 Å². The summed E-state index contributed by atoms with van der Waals surface area (Å²) in [6.45, 7) is 6.89. The fourth-order valence-electron chi connectivity index (χ4n) is 1.23. The van der Waals surface area contributed by atoms with Crippen molar-refractivity contribution in [2.45, 2.75) is 32.6 Å². The van der Waals surface area contributed by atoms with Crippen LogP contribution in [-0.4, -0.2) is 18.9 Å². The third-order valence-electron chi connectivity index (χ3n) is 2.11. The van der Waals surface area contributed by atoms with Gasteiger partial charge in [-0.1, -0.05) is 25.9 Å². The second kappa shape index (κ2) is 3.92. The standard InChI is InChI=1S/C10H17NO2/c1-5-8-6-9(11-13-8)10(2,3)7-12-4/h6H,5,7H2,1-4H3. The van der Waals surface area contributed by atoms with Crippen molar-refractivity contribution in [3.63, 3.8) is 0 Å². The van der Waals surface area contributed by atoms with Gasteiger partial charge in [0.15, 0.2) is 0 Å². The average molecular weight is 183 g/mol. The quantitative estimate of drug-likeness (QED) is 0.717. The van der Waals surface area contributed by atoms with Gasteiger partial charge >= 0.3 is 0 Å². The first-order valence-electron chi connectivity index (χ1n) is 4.55. The molecule has 0 aromatic carbocycles. The summed E-state index contributed by atoms with van der Waals surface area (Å²) >= 11 is 0. The van der Waals surface area contributed by atoms with Crippen LogP contribution in [0.25, 0.3) is 0 Å². The van der Waals surface area contributed by atoms with Gasteiger partial charge in [0.05, 0.1) is 12.3 Å². The molecule has 1 aromatic heterocycles. The predicted molar refractivity (Wildman–Crippen MR) is 50.8 cm³/mol. The molecule has 0 aliphatic rings. The number of methoxy groups -OCH3 is 1. The largest absolute Gasteiger partial charge is 0.384 e. The number of rotatable bonds is 4. The molecular formula is C10H17NO2. The summed E-state index contributed by atoms with van der Waals surface area (Å²) in [4.78, 5) is 0. The maximum Gasteiger partial charge on any atom is 0.136 e. The second-order valence-corrected chi connectivity index (χ2v) is 3.85. The minimum absolute atomic E-state index is 0.0638. The Labute approximate surface area is 79.1 Å². The van der Waals surface area contributed by atoms with Crippen LogP contribution < -0.4 is 0 Å². The molecule has 0 aliphatic carbocycles. The maximum atomic E-state index is 5.14. The van der Waals surface area contributed by atoms with Crippen molar-refractivity contribution in [1.29, 1.82) is 0 Å². The number of hydrogen-bond donors (Lipinski definition) is 0. The van der Waals surface area contributed by atoms with Gasteiger partial charge in [0.25, 0.3) is 0 Å². The SMILES string of the molecule is CCc1cc(C(C)(C)COC)no1. The maximum absolute atomic E-state index is 5.14. The highest BCUT2D eigenvalue weighted by Crippen LogP contribution is 2.22. The van der Waals surface area contributed by atoms with Crippen LogP contribution in [0.4, 0.5) is 0 Å². The molecule has 0 aliphatic heterocycles. The predicted octanol–water partition coefficient (Wildman–Crippen LogP) is 2.16. The Morgan fingerprint density at radius 2 is 2.23 bits per heavy atom. The number of hydrogen-bond acceptors (Lipinski definition) is 3. The van der Waals surface area contributed by atoms with Gasteiger partial charge in [-0.25, -0.2) is 0 Å². The van der Waals surface area contributed by atoms with Crippen LogP contribution in [0.15, 0.2) is 10.6 Å². The molecule has 1 aromatic rings. The molecule has 3 heteroatoms. The molecule has 0 fully saturated rings. The molecular weight excluding hydrogens is 166 g/mol. The number of nitrogens with zero attached hydrogens (tertiary/aromatic N) is 1. The van der Waals surface area contributed by atoms with E-state index in [2.05, 4.69) is 19.0 Å². The van der Waals surface area contributed by atoms with Crippen LogP contribution in [0.3, 0.4) is 0 Å². The van der Waals surface area contributed by atoms with Crippen molar-refractivity contribution < 1.29 is 9.26 Å². The van der Waals surface area contributed by atoms with E-state index in [1.807, 2.05) is 13.0 Å². The van der Waals surface area contributed by atoms with E-state index in [1.165, 1.54) is 0 Å². The Kier molecular flexibility index (Phi) is 3.09. The van der Waals surface area contributed by atoms with Crippen molar-refractivity contribution in [2.75, 3.05) is 13.7 Å². The second-order valence-electron chi connectivity index (χ2n) is 3.85. The smallest absolute Gasteiger partial charge is 0.136 e. The molecule has 0 unspecified atom stereocenters. The van der Waals surface area contributed by atoms with Gasteiger partial charge in [-0.15, -0.1) is 0 Å². The summed E-state index contributed by atoms with van der Waals surface area (Å²) in [5, 5.41) is 4.02. The Morgan fingerprint density at radius 3 is 2.69 bits per heavy atom. The lowest BCUT2D eigenvalue weighted by molar-refractivity contribution is 0.142. The molecule has 0 amide bonds. The molecule has 0 atom stereocenters. The number of aromatic nitrogens is 1. The van der Waals surface area contributed by atoms with Gasteiger partial charge in [-0.3, -0.25) is 0 Å². The lowest BCUT2D eigenvalue weighted by Crippen LogP contribution is -2.23. The zero-order chi connectivity index (χ0) is 9.90. The summed E-state index contributed by atoms with van der Waals surface area (Å²) in [7, 11) is 1.70. The lowest BCUT2D eigenvalue weighted by Gasteiger charge is -2.19. The average Bonchev–Trinajstić information content (AvgIpc) is 2.52. The first-order valence-corrected chi connectivity index (χ1v) is 4.55. The third-order valence-corrected chi connectivity index (χ3v) is 2.11. The topological polar surface area (TPSA) is 35.3 Å². The molecule has 1 rings (SSSR count). The van der Waals surface area contributed by atoms with Gasteiger partial charge < -0.3 is 9.26 Å². The van der Waals surface area contributed by atoms with Crippen LogP contribution >= 0.6 is 0 Å². The third kappa shape index (κ3) is 2.31. The highest BCUT2D eigenvalue weighted by molar-refractivity contribution is 5.15. The summed E-state index contributed by atoms with van der Waals surface area (Å²) in [5.41, 5.74) is 0.900. The highest BCUT2D eigenvalue weighted by Gasteiger charge is 2.24. The first-order chi connectivity index (χ1) is 6.10. The van der Waals surface area contributed by atoms with E-state index in [1.54, 1.807) is 7.11 Å². The van der Waals surface area contributed by atoms with Crippen LogP contribution in [0.1, 0.15) is 32.2 Å². The fraction of sp³-hybridized carbons (Fsp3) is 0.700. The van der Waals surface area contributed by atoms with Crippen LogP contribution in [-0.2, 0) is 16.6 Å². The van der Waals surface area contributed by atoms with Crippen LogP contribution in [0.2, 0.25) is 0 Å². The molecule has 0 radical (unpaired) electrons. The molecule has 0 spiro atoms. The van der Waals surface area contributed by atoms with Crippen molar-refractivity contribution in [2.24, 2.45) is 0 Å². The Morgan fingerprint density at radius 1 is 1.54 bits per heavy atom. The zero-order valence-corrected chi connectivity index (χ0v) is 8.76. The zero-order valence-electron chi connectivity index (χ0n) is 8.76. The van der Waals surface area contributed by atoms with Gasteiger partial charge in [-0.05, 0) is 0 Å². The van der Waals surface area contributed by atoms with E-state index in [-0.39, 0.29) is 5.41 Å². The summed E-state index contributed by atoms with van der Waals surface area (Å²) in [6.07, 6.45) is 0.885. The Bertz CT molecular complexity index is 266. The molecule has 0 saturated carbocycles. The fourth-order valence-corrected chi connectivity index (χ4v) is 1.23. The van der Waals surface area contributed by atoms with E-state index in [0.29, 0.717) is 6.61 Å². The summed E-state index contributed by atoms with van der Waals surface area (Å²) < 4.78 is 10.3. The monoisotopic (exact) mass is 183 g/mol. The van der Waals surface area contributed by atoms with E-state index in [0.717, 1.165) is 17.9 Å². The summed E-state index contributed by atoms with van der Waals surface area (Å²) in [5.74, 6) is 0.930. The van der Waals surface area contributed by atoms with Crippen molar-refractivity contribution >= 4 is 0 Å². The van der Waals surface area contributed by atoms with Gasteiger partial charge in [0, 0.05) is 25.0 Å². The normalized spacial score (nSPS) is 12.0. The van der Waals surface area contributed by atoms with E-state index >= 15 is 0 Å². The minimum Gasteiger partial charge on any atom is -0.384 e. The lowest BCUT2D eigenvalue weighted by atomic mass is 9.90. The molecule has 74 valence electrons. The van der Waals surface area contributed by atoms with E-state index in [9.17, 15) is 0 Å². The van der Waals surface area contributed by atoms with Crippen molar-refractivity contribution in [3.8, 4) is 0 Å². The van der Waals surface area contributed by atoms with E-state index < -0.39 is 0 Å². The Balaban J connectivity index is 2.80. The molecule has 13 heavy (non-hydrogen) atoms. The number of ether oxygens (including phenoxy) is 1. The van der Waals surface area contributed by atoms with Crippen LogP contribution in [0, 0.1) is 0 Å². The molecule has 0 saturated heterocycles. The first kappa shape index (κ1) is 10.3. The number of aryl methyl sites for hydroxylation is 1. The minimum atomic E-state index is -0.0638. The van der Waals surface area contributed by atoms with Gasteiger partial charge in [0.1, 0.15) is 5.76 Å². The molecule has 0 N–H and O–H groups in total. The molecule has 1 heterocycles. The van der Waals surface area contributed by atoms with Gasteiger partial charge in [0.2, 0.25) is 0 Å². The molecule has 0 bridgehead atoms. The van der Waals surface area contributed by atoms with Gasteiger partial charge in [-0.2, -0.15) is 0 Å². The Hall–Kier alpha value is -0.830.